The number of ether oxygens (including phenoxy) is 2. The number of hydrogen-bond donors (Lipinski definition) is 2. The van der Waals surface area contributed by atoms with Crippen molar-refractivity contribution in [2.45, 2.75) is 39.9 Å². The van der Waals surface area contributed by atoms with Crippen LogP contribution in [0.4, 0.5) is 0 Å². The molecule has 0 radical (unpaired) electrons. The van der Waals surface area contributed by atoms with Gasteiger partial charge in [-0.1, -0.05) is 26.0 Å². The summed E-state index contributed by atoms with van der Waals surface area (Å²) in [5.74, 6) is 1.17. The Morgan fingerprint density at radius 1 is 1.26 bits per heavy atom. The fourth-order valence-corrected chi connectivity index (χ4v) is 1.50. The first-order valence-corrected chi connectivity index (χ1v) is 6.63. The molecule has 0 saturated carbocycles. The molecule has 1 atom stereocenters. The first-order valence-electron chi connectivity index (χ1n) is 6.63. The molecule has 1 aromatic carbocycles. The van der Waals surface area contributed by atoms with Gasteiger partial charge in [0.2, 0.25) is 0 Å². The smallest absolute Gasteiger partial charge is 0.166 e. The van der Waals surface area contributed by atoms with E-state index < -0.39 is 5.60 Å². The highest BCUT2D eigenvalue weighted by Gasteiger charge is 2.26. The van der Waals surface area contributed by atoms with Crippen LogP contribution in [-0.2, 0) is 6.61 Å². The predicted molar refractivity (Wildman–Crippen MR) is 74.5 cm³/mol. The van der Waals surface area contributed by atoms with E-state index in [0.29, 0.717) is 23.7 Å². The highest BCUT2D eigenvalue weighted by molar-refractivity contribution is 5.46. The van der Waals surface area contributed by atoms with Crippen molar-refractivity contribution in [3.63, 3.8) is 0 Å². The Balaban J connectivity index is 2.92. The van der Waals surface area contributed by atoms with Crippen LogP contribution in [0.3, 0.4) is 0 Å². The van der Waals surface area contributed by atoms with Crippen molar-refractivity contribution >= 4 is 0 Å². The van der Waals surface area contributed by atoms with Gasteiger partial charge in [0.05, 0.1) is 18.8 Å². The van der Waals surface area contributed by atoms with Crippen molar-refractivity contribution in [2.24, 2.45) is 5.92 Å². The van der Waals surface area contributed by atoms with Crippen molar-refractivity contribution in [3.8, 4) is 11.5 Å². The monoisotopic (exact) mass is 268 g/mol. The van der Waals surface area contributed by atoms with E-state index in [1.807, 2.05) is 26.8 Å². The molecule has 0 fully saturated rings. The van der Waals surface area contributed by atoms with Gasteiger partial charge in [-0.15, -0.1) is 0 Å². The second kappa shape index (κ2) is 6.78. The molecule has 1 rings (SSSR count). The van der Waals surface area contributed by atoms with Crippen LogP contribution < -0.4 is 9.47 Å². The van der Waals surface area contributed by atoms with Crippen LogP contribution in [0.25, 0.3) is 0 Å². The Bertz CT molecular complexity index is 399. The average Bonchev–Trinajstić information content (AvgIpc) is 2.37. The standard InChI is InChI=1S/C15H24O4/c1-5-18-13-8-6-7-12(9-16)14(13)19-10-15(4,17)11(2)3/h6-8,11,16-17H,5,9-10H2,1-4H3. The Morgan fingerprint density at radius 2 is 1.95 bits per heavy atom. The molecule has 4 nitrogen and oxygen atoms in total. The lowest BCUT2D eigenvalue weighted by Gasteiger charge is -2.28. The van der Waals surface area contributed by atoms with Crippen LogP contribution in [0, 0.1) is 5.92 Å². The minimum atomic E-state index is -0.925. The topological polar surface area (TPSA) is 58.9 Å². The molecule has 0 aliphatic rings. The Labute approximate surface area is 115 Å². The van der Waals surface area contributed by atoms with E-state index in [4.69, 9.17) is 9.47 Å². The second-order valence-corrected chi connectivity index (χ2v) is 5.14. The zero-order chi connectivity index (χ0) is 14.5. The molecule has 2 N–H and O–H groups in total. The third kappa shape index (κ3) is 4.11. The minimum Gasteiger partial charge on any atom is -0.490 e. The summed E-state index contributed by atoms with van der Waals surface area (Å²) in [5.41, 5.74) is -0.267. The summed E-state index contributed by atoms with van der Waals surface area (Å²) in [6.07, 6.45) is 0. The quantitative estimate of drug-likeness (QED) is 0.797. The van der Waals surface area contributed by atoms with Gasteiger partial charge in [-0.25, -0.2) is 0 Å². The summed E-state index contributed by atoms with van der Waals surface area (Å²) < 4.78 is 11.2. The molecule has 0 aliphatic heterocycles. The zero-order valence-corrected chi connectivity index (χ0v) is 12.1. The van der Waals surface area contributed by atoms with Gasteiger partial charge in [-0.3, -0.25) is 0 Å². The summed E-state index contributed by atoms with van der Waals surface area (Å²) >= 11 is 0. The van der Waals surface area contributed by atoms with Gasteiger partial charge < -0.3 is 19.7 Å². The largest absolute Gasteiger partial charge is 0.490 e. The average molecular weight is 268 g/mol. The lowest BCUT2D eigenvalue weighted by molar-refractivity contribution is -0.0277. The zero-order valence-electron chi connectivity index (χ0n) is 12.1. The number of rotatable bonds is 7. The number of aliphatic hydroxyl groups excluding tert-OH is 1. The number of aliphatic hydroxyl groups is 2. The van der Waals surface area contributed by atoms with Crippen LogP contribution in [0.5, 0.6) is 11.5 Å². The van der Waals surface area contributed by atoms with E-state index in [1.54, 1.807) is 19.1 Å². The van der Waals surface area contributed by atoms with Crippen LogP contribution in [0.2, 0.25) is 0 Å². The molecule has 1 aromatic rings. The molecule has 0 aromatic heterocycles. The maximum atomic E-state index is 10.2. The van der Waals surface area contributed by atoms with Crippen molar-refractivity contribution in [1.29, 1.82) is 0 Å². The third-order valence-corrected chi connectivity index (χ3v) is 3.28. The fraction of sp³-hybridized carbons (Fsp3) is 0.600. The lowest BCUT2D eigenvalue weighted by atomic mass is 9.94. The number of para-hydroxylation sites is 1. The first kappa shape index (κ1) is 15.8. The van der Waals surface area contributed by atoms with E-state index in [-0.39, 0.29) is 19.1 Å². The Morgan fingerprint density at radius 3 is 2.47 bits per heavy atom. The normalized spacial score (nSPS) is 14.3. The molecule has 108 valence electrons. The summed E-state index contributed by atoms with van der Waals surface area (Å²) in [6.45, 7) is 8.04. The molecule has 19 heavy (non-hydrogen) atoms. The van der Waals surface area contributed by atoms with Gasteiger partial charge in [-0.05, 0) is 25.8 Å². The van der Waals surface area contributed by atoms with Gasteiger partial charge in [0.1, 0.15) is 6.61 Å². The van der Waals surface area contributed by atoms with Gasteiger partial charge in [-0.2, -0.15) is 0 Å². The van der Waals surface area contributed by atoms with Crippen LogP contribution in [-0.4, -0.2) is 29.0 Å². The van der Waals surface area contributed by atoms with E-state index in [2.05, 4.69) is 0 Å². The summed E-state index contributed by atoms with van der Waals surface area (Å²) in [4.78, 5) is 0. The molecule has 0 amide bonds. The van der Waals surface area contributed by atoms with E-state index in [1.165, 1.54) is 0 Å². The maximum Gasteiger partial charge on any atom is 0.166 e. The van der Waals surface area contributed by atoms with E-state index in [0.717, 1.165) is 0 Å². The van der Waals surface area contributed by atoms with Gasteiger partial charge in [0, 0.05) is 5.56 Å². The molecular formula is C15H24O4. The highest BCUT2D eigenvalue weighted by atomic mass is 16.5. The molecule has 0 heterocycles. The third-order valence-electron chi connectivity index (χ3n) is 3.28. The van der Waals surface area contributed by atoms with Crippen molar-refractivity contribution in [2.75, 3.05) is 13.2 Å². The molecule has 4 heteroatoms. The molecular weight excluding hydrogens is 244 g/mol. The minimum absolute atomic E-state index is 0.0735. The van der Waals surface area contributed by atoms with Gasteiger partial charge in [0.15, 0.2) is 11.5 Å². The molecule has 0 aliphatic carbocycles. The van der Waals surface area contributed by atoms with E-state index >= 15 is 0 Å². The van der Waals surface area contributed by atoms with Crippen molar-refractivity contribution in [1.82, 2.24) is 0 Å². The summed E-state index contributed by atoms with van der Waals surface area (Å²) in [7, 11) is 0. The predicted octanol–water partition coefficient (Wildman–Crippen LogP) is 2.36. The Hall–Kier alpha value is -1.26. The first-order chi connectivity index (χ1) is 8.92. The van der Waals surface area contributed by atoms with E-state index in [9.17, 15) is 10.2 Å². The molecule has 0 bridgehead atoms. The van der Waals surface area contributed by atoms with Crippen LogP contribution in [0.15, 0.2) is 18.2 Å². The summed E-state index contributed by atoms with van der Waals surface area (Å²) in [5, 5.41) is 19.6. The highest BCUT2D eigenvalue weighted by Crippen LogP contribution is 2.32. The van der Waals surface area contributed by atoms with Crippen molar-refractivity contribution < 1.29 is 19.7 Å². The lowest BCUT2D eigenvalue weighted by Crippen LogP contribution is -2.38. The number of hydrogen-bond acceptors (Lipinski definition) is 4. The van der Waals surface area contributed by atoms with Crippen LogP contribution >= 0.6 is 0 Å². The second-order valence-electron chi connectivity index (χ2n) is 5.14. The number of benzene rings is 1. The summed E-state index contributed by atoms with van der Waals surface area (Å²) in [6, 6.07) is 5.38. The Kier molecular flexibility index (Phi) is 5.63. The SMILES string of the molecule is CCOc1cccc(CO)c1OCC(C)(O)C(C)C. The van der Waals surface area contributed by atoms with Crippen molar-refractivity contribution in [3.05, 3.63) is 23.8 Å². The van der Waals surface area contributed by atoms with Gasteiger partial charge in [0.25, 0.3) is 0 Å². The maximum absolute atomic E-state index is 10.2. The molecule has 0 spiro atoms. The molecule has 0 saturated heterocycles. The van der Waals surface area contributed by atoms with Gasteiger partial charge >= 0.3 is 0 Å². The van der Waals surface area contributed by atoms with Crippen LogP contribution in [0.1, 0.15) is 33.3 Å². The molecule has 1 unspecified atom stereocenters. The fourth-order valence-electron chi connectivity index (χ4n) is 1.50.